The topological polar surface area (TPSA) is 44.7 Å². The molecule has 2 atom stereocenters. The van der Waals surface area contributed by atoms with Crippen LogP contribution >= 0.6 is 0 Å². The Morgan fingerprint density at radius 1 is 1.00 bits per heavy atom. The normalized spacial score (nSPS) is 21.8. The van der Waals surface area contributed by atoms with Gasteiger partial charge in [0.25, 0.3) is 0 Å². The second kappa shape index (κ2) is 8.31. The summed E-state index contributed by atoms with van der Waals surface area (Å²) in [6, 6.07) is 23.1. The summed E-state index contributed by atoms with van der Waals surface area (Å²) in [6.45, 7) is 1.46. The molecule has 5 rings (SSSR count). The number of hydrogen-bond donors (Lipinski definition) is 1. The summed E-state index contributed by atoms with van der Waals surface area (Å²) in [6.07, 6.45) is -3.23. The van der Waals surface area contributed by atoms with Crippen molar-refractivity contribution in [3.63, 3.8) is 0 Å². The Bertz CT molecular complexity index is 1200. The Morgan fingerprint density at radius 3 is 2.18 bits per heavy atom. The largest absolute Gasteiger partial charge is 0.410 e. The zero-order valence-corrected chi connectivity index (χ0v) is 18.6. The summed E-state index contributed by atoms with van der Waals surface area (Å²) in [5.41, 5.74) is 4.69. The van der Waals surface area contributed by atoms with E-state index in [4.69, 9.17) is 4.99 Å². The van der Waals surface area contributed by atoms with Crippen LogP contribution in [-0.4, -0.2) is 35.4 Å². The van der Waals surface area contributed by atoms with Crippen molar-refractivity contribution < 1.29 is 18.0 Å². The maximum atomic E-state index is 13.2. The Morgan fingerprint density at radius 2 is 1.62 bits per heavy atom. The minimum atomic E-state index is -4.47. The van der Waals surface area contributed by atoms with Crippen LogP contribution in [0.4, 0.5) is 23.7 Å². The van der Waals surface area contributed by atoms with Crippen molar-refractivity contribution in [2.24, 2.45) is 4.99 Å². The molecular weight excluding hydrogens is 439 g/mol. The number of urea groups is 1. The van der Waals surface area contributed by atoms with Crippen molar-refractivity contribution in [1.82, 2.24) is 10.2 Å². The summed E-state index contributed by atoms with van der Waals surface area (Å²) in [5.74, 6) is 0. The van der Waals surface area contributed by atoms with Gasteiger partial charge < -0.3 is 10.2 Å². The van der Waals surface area contributed by atoms with Crippen molar-refractivity contribution >= 4 is 17.4 Å². The molecule has 2 aliphatic rings. The number of aliphatic imine (C=N–C) groups is 1. The van der Waals surface area contributed by atoms with Crippen molar-refractivity contribution in [2.45, 2.75) is 37.5 Å². The van der Waals surface area contributed by atoms with Crippen LogP contribution in [0, 0.1) is 0 Å². The number of fused-ring (bicyclic) bond motifs is 1. The molecule has 4 nitrogen and oxygen atoms in total. The van der Waals surface area contributed by atoms with Crippen LogP contribution in [0.3, 0.4) is 0 Å². The molecule has 0 aromatic heterocycles. The first-order chi connectivity index (χ1) is 16.3. The molecule has 0 radical (unpaired) electrons. The van der Waals surface area contributed by atoms with Crippen LogP contribution < -0.4 is 5.32 Å². The van der Waals surface area contributed by atoms with E-state index in [1.165, 1.54) is 4.90 Å². The number of benzene rings is 3. The van der Waals surface area contributed by atoms with E-state index < -0.39 is 23.8 Å². The molecule has 0 saturated carbocycles. The van der Waals surface area contributed by atoms with Gasteiger partial charge in [-0.3, -0.25) is 0 Å². The van der Waals surface area contributed by atoms with E-state index >= 15 is 0 Å². The number of amides is 2. The number of carbonyl (C=O) groups excluding carboxylic acids is 1. The number of carbonyl (C=O) groups is 1. The number of aryl methyl sites for hydroxylation is 1. The lowest BCUT2D eigenvalue weighted by Gasteiger charge is -2.35. The van der Waals surface area contributed by atoms with Gasteiger partial charge >= 0.3 is 12.2 Å². The van der Waals surface area contributed by atoms with Gasteiger partial charge in [-0.25, -0.2) is 9.79 Å². The van der Waals surface area contributed by atoms with Crippen molar-refractivity contribution in [3.05, 3.63) is 101 Å². The first-order valence-corrected chi connectivity index (χ1v) is 11.2. The Kier molecular flexibility index (Phi) is 5.42. The van der Waals surface area contributed by atoms with E-state index in [0.717, 1.165) is 33.7 Å². The molecule has 0 bridgehead atoms. The van der Waals surface area contributed by atoms with Gasteiger partial charge in [0.15, 0.2) is 0 Å². The minimum absolute atomic E-state index is 0.385. The zero-order chi connectivity index (χ0) is 23.9. The summed E-state index contributed by atoms with van der Waals surface area (Å²) < 4.78 is 39.6. The van der Waals surface area contributed by atoms with Crippen LogP contribution in [0.5, 0.6) is 0 Å². The Balaban J connectivity index is 1.49. The maximum absolute atomic E-state index is 13.2. The lowest BCUT2D eigenvalue weighted by atomic mass is 9.92. The number of rotatable bonds is 4. The number of alkyl halides is 3. The third kappa shape index (κ3) is 3.95. The molecule has 3 aromatic rings. The smallest absolute Gasteiger partial charge is 0.324 e. The number of hydrogen-bond acceptors (Lipinski definition) is 2. The fraction of sp³-hybridized carbons (Fsp3) is 0.259. The molecule has 1 aliphatic carbocycles. The molecule has 1 N–H and O–H groups in total. The lowest BCUT2D eigenvalue weighted by Crippen LogP contribution is -2.44. The molecule has 174 valence electrons. The fourth-order valence-corrected chi connectivity index (χ4v) is 4.94. The summed E-state index contributed by atoms with van der Waals surface area (Å²) in [5, 5.41) is 2.09. The Hall–Kier alpha value is -3.61. The fourth-order valence-electron chi connectivity index (χ4n) is 4.94. The molecule has 1 heterocycles. The van der Waals surface area contributed by atoms with E-state index in [2.05, 4.69) is 5.32 Å². The van der Waals surface area contributed by atoms with Gasteiger partial charge in [-0.05, 0) is 43.0 Å². The van der Waals surface area contributed by atoms with Gasteiger partial charge in [0.05, 0.1) is 23.5 Å². The second-order valence-electron chi connectivity index (χ2n) is 8.96. The number of nitrogens with zero attached hydrogens (tertiary/aromatic N) is 2. The van der Waals surface area contributed by atoms with Crippen LogP contribution in [0.1, 0.15) is 35.6 Å². The van der Waals surface area contributed by atoms with Crippen molar-refractivity contribution in [1.29, 1.82) is 0 Å². The van der Waals surface area contributed by atoms with Gasteiger partial charge in [-0.1, -0.05) is 66.7 Å². The third-order valence-corrected chi connectivity index (χ3v) is 6.78. The lowest BCUT2D eigenvalue weighted by molar-refractivity contribution is -0.150. The van der Waals surface area contributed by atoms with Gasteiger partial charge in [0, 0.05) is 11.1 Å². The van der Waals surface area contributed by atoms with Crippen LogP contribution in [0.25, 0.3) is 0 Å². The van der Waals surface area contributed by atoms with E-state index in [0.29, 0.717) is 12.8 Å². The highest BCUT2D eigenvalue weighted by Crippen LogP contribution is 2.44. The van der Waals surface area contributed by atoms with Crippen molar-refractivity contribution in [3.8, 4) is 0 Å². The van der Waals surface area contributed by atoms with E-state index in [9.17, 15) is 18.0 Å². The zero-order valence-electron chi connectivity index (χ0n) is 18.6. The summed E-state index contributed by atoms with van der Waals surface area (Å²) in [4.78, 5) is 18.7. The van der Waals surface area contributed by atoms with Gasteiger partial charge in [0.2, 0.25) is 0 Å². The molecule has 3 aromatic carbocycles. The van der Waals surface area contributed by atoms with Crippen LogP contribution in [0.2, 0.25) is 0 Å². The molecule has 1 aliphatic heterocycles. The second-order valence-corrected chi connectivity index (χ2v) is 8.96. The molecule has 34 heavy (non-hydrogen) atoms. The first-order valence-electron chi connectivity index (χ1n) is 11.2. The number of nitrogens with one attached hydrogen (secondary N) is 1. The Labute approximate surface area is 196 Å². The van der Waals surface area contributed by atoms with Crippen LogP contribution in [-0.2, 0) is 12.0 Å². The average molecular weight is 464 g/mol. The predicted octanol–water partition coefficient (Wildman–Crippen LogP) is 5.97. The van der Waals surface area contributed by atoms with Gasteiger partial charge in [-0.2, -0.15) is 13.2 Å². The van der Waals surface area contributed by atoms with Gasteiger partial charge in [0.1, 0.15) is 6.04 Å². The quantitative estimate of drug-likeness (QED) is 0.476. The van der Waals surface area contributed by atoms with E-state index in [1.54, 1.807) is 0 Å². The molecule has 1 unspecified atom stereocenters. The number of halogens is 3. The highest BCUT2D eigenvalue weighted by Gasteiger charge is 2.52. The van der Waals surface area contributed by atoms with E-state index in [-0.39, 0.29) is 6.54 Å². The average Bonchev–Trinajstić information content (AvgIpc) is 3.40. The molecule has 0 spiro atoms. The standard InChI is InChI=1S/C27H24F3N3O/c1-26(33-17-23(27(28,29)30)32-25(33)34)15-14-20-16-21(12-13-22(20)26)31-24(18-8-4-2-5-9-18)19-10-6-3-7-11-19/h2-13,16,23H,14-15,17H2,1H3,(H,32,34)/t23-,26?/m0/s1. The van der Waals surface area contributed by atoms with Crippen molar-refractivity contribution in [2.75, 3.05) is 6.54 Å². The van der Waals surface area contributed by atoms with Gasteiger partial charge in [-0.15, -0.1) is 0 Å². The molecule has 2 amide bonds. The molecular formula is C27H24F3N3O. The summed E-state index contributed by atoms with van der Waals surface area (Å²) >= 11 is 0. The molecule has 7 heteroatoms. The highest BCUT2D eigenvalue weighted by molar-refractivity contribution is 6.13. The highest BCUT2D eigenvalue weighted by atomic mass is 19.4. The SMILES string of the molecule is CC1(N2C[C@@H](C(F)(F)F)NC2=O)CCc2cc(N=C(c3ccccc3)c3ccccc3)ccc21. The minimum Gasteiger partial charge on any atom is -0.324 e. The monoisotopic (exact) mass is 463 g/mol. The molecule has 1 saturated heterocycles. The summed E-state index contributed by atoms with van der Waals surface area (Å²) in [7, 11) is 0. The van der Waals surface area contributed by atoms with Crippen LogP contribution in [0.15, 0.2) is 83.9 Å². The molecule has 1 fully saturated rings. The maximum Gasteiger partial charge on any atom is 0.410 e. The third-order valence-electron chi connectivity index (χ3n) is 6.78. The predicted molar refractivity (Wildman–Crippen MR) is 125 cm³/mol. The van der Waals surface area contributed by atoms with E-state index in [1.807, 2.05) is 85.8 Å². The first kappa shape index (κ1) is 22.2.